The van der Waals surface area contributed by atoms with Gasteiger partial charge in [0.2, 0.25) is 0 Å². The minimum Gasteiger partial charge on any atom is -0.465 e. The van der Waals surface area contributed by atoms with E-state index in [0.29, 0.717) is 10.7 Å². The number of hydrogen-bond acceptors (Lipinski definition) is 3. The number of aromatic nitrogens is 3. The topological polar surface area (TPSA) is 90.7 Å². The smallest absolute Gasteiger partial charge is 0.408 e. The Balaban J connectivity index is 2.08. The van der Waals surface area contributed by atoms with E-state index < -0.39 is 11.6 Å². The molecule has 1 aromatic carbocycles. The molecule has 8 heteroatoms. The molecule has 136 valence electrons. The molecule has 0 saturated heterocycles. The predicted octanol–water partition coefficient (Wildman–Crippen LogP) is 3.62. The van der Waals surface area contributed by atoms with Crippen LogP contribution < -0.4 is 5.69 Å². The molecule has 3 rings (SSSR count). The predicted molar refractivity (Wildman–Crippen MR) is 102 cm³/mol. The lowest BCUT2D eigenvalue weighted by Gasteiger charge is -2.32. The van der Waals surface area contributed by atoms with Crippen LogP contribution in [0.5, 0.6) is 0 Å². The lowest BCUT2D eigenvalue weighted by Crippen LogP contribution is -2.44. The van der Waals surface area contributed by atoms with Crippen molar-refractivity contribution < 1.29 is 9.90 Å². The number of aromatic amines is 1. The van der Waals surface area contributed by atoms with Crippen LogP contribution in [0.1, 0.15) is 26.3 Å². The minimum atomic E-state index is -0.986. The highest BCUT2D eigenvalue weighted by Gasteiger charge is 2.24. The van der Waals surface area contributed by atoms with E-state index in [1.165, 1.54) is 9.30 Å². The number of carboxylic acid groups (broad SMARTS) is 1. The van der Waals surface area contributed by atoms with Crippen molar-refractivity contribution in [2.75, 3.05) is 6.54 Å². The summed E-state index contributed by atoms with van der Waals surface area (Å²) in [7, 11) is 0. The van der Waals surface area contributed by atoms with Crippen molar-refractivity contribution in [2.24, 2.45) is 0 Å². The number of hydrogen-bond donors (Lipinski definition) is 2. The minimum absolute atomic E-state index is 0.228. The summed E-state index contributed by atoms with van der Waals surface area (Å²) in [4.78, 5) is 24.7. The maximum atomic E-state index is 12.0. The zero-order valence-electron chi connectivity index (χ0n) is 14.7. The standard InChI is InChI=1S/C18H19ClN4O3/c1-18(2,3)23(17(25)26)8-4-5-11-10-22-15(20-21-16(22)24)14-9-12(19)6-7-13(11)14/h4-7,9-10H,8H2,1-3H3,(H,21,24)(H,25,26)/b5-4+. The van der Waals surface area contributed by atoms with Crippen LogP contribution in [0.2, 0.25) is 5.02 Å². The Morgan fingerprint density at radius 1 is 1.38 bits per heavy atom. The molecule has 26 heavy (non-hydrogen) atoms. The molecule has 0 bridgehead atoms. The molecule has 0 atom stereocenters. The molecule has 0 unspecified atom stereocenters. The van der Waals surface area contributed by atoms with E-state index in [9.17, 15) is 14.7 Å². The summed E-state index contributed by atoms with van der Waals surface area (Å²) in [5.41, 5.74) is 0.397. The third-order valence-electron chi connectivity index (χ3n) is 4.13. The number of benzene rings is 1. The Labute approximate surface area is 154 Å². The number of H-pyrrole nitrogens is 1. The number of carbonyl (C=O) groups is 1. The van der Waals surface area contributed by atoms with Crippen LogP contribution in [0.3, 0.4) is 0 Å². The van der Waals surface area contributed by atoms with Crippen molar-refractivity contribution in [3.8, 4) is 0 Å². The van der Waals surface area contributed by atoms with Gasteiger partial charge in [-0.3, -0.25) is 4.90 Å². The van der Waals surface area contributed by atoms with Gasteiger partial charge in [0.25, 0.3) is 0 Å². The van der Waals surface area contributed by atoms with Crippen LogP contribution in [0.25, 0.3) is 22.5 Å². The van der Waals surface area contributed by atoms with E-state index in [2.05, 4.69) is 10.2 Å². The number of amides is 1. The highest BCUT2D eigenvalue weighted by Crippen LogP contribution is 2.26. The molecule has 0 spiro atoms. The second-order valence-corrected chi connectivity index (χ2v) is 7.40. The van der Waals surface area contributed by atoms with Gasteiger partial charge in [-0.25, -0.2) is 19.1 Å². The SMILES string of the molecule is CC(C)(C)N(C/C=C/c1cn2c(=O)[nH]nc2c2cc(Cl)ccc12)C(=O)O. The molecule has 2 heterocycles. The fourth-order valence-electron chi connectivity index (χ4n) is 2.83. The quantitative estimate of drug-likeness (QED) is 0.732. The van der Waals surface area contributed by atoms with Crippen molar-refractivity contribution in [2.45, 2.75) is 26.3 Å². The van der Waals surface area contributed by atoms with Crippen LogP contribution in [-0.4, -0.2) is 42.8 Å². The summed E-state index contributed by atoms with van der Waals surface area (Å²) in [5.74, 6) is 0. The average Bonchev–Trinajstić information content (AvgIpc) is 2.91. The molecule has 0 aliphatic heterocycles. The maximum Gasteiger partial charge on any atom is 0.408 e. The van der Waals surface area contributed by atoms with Crippen LogP contribution in [0.4, 0.5) is 4.79 Å². The molecule has 3 aromatic rings. The first-order chi connectivity index (χ1) is 12.2. The van der Waals surface area contributed by atoms with Gasteiger partial charge in [-0.1, -0.05) is 29.8 Å². The molecule has 2 aromatic heterocycles. The summed E-state index contributed by atoms with van der Waals surface area (Å²) >= 11 is 6.09. The highest BCUT2D eigenvalue weighted by molar-refractivity contribution is 6.31. The number of nitrogens with one attached hydrogen (secondary N) is 1. The first-order valence-corrected chi connectivity index (χ1v) is 8.42. The number of fused-ring (bicyclic) bond motifs is 3. The third kappa shape index (κ3) is 3.30. The molecule has 7 nitrogen and oxygen atoms in total. The Kier molecular flexibility index (Phi) is 4.50. The Morgan fingerprint density at radius 3 is 2.77 bits per heavy atom. The molecule has 2 N–H and O–H groups in total. The van der Waals surface area contributed by atoms with Gasteiger partial charge < -0.3 is 5.11 Å². The summed E-state index contributed by atoms with van der Waals surface area (Å²) in [6, 6.07) is 5.37. The van der Waals surface area contributed by atoms with E-state index in [0.717, 1.165) is 16.3 Å². The molecule has 1 amide bonds. The van der Waals surface area contributed by atoms with E-state index in [4.69, 9.17) is 11.6 Å². The molecule has 0 aliphatic rings. The first-order valence-electron chi connectivity index (χ1n) is 8.04. The third-order valence-corrected chi connectivity index (χ3v) is 4.37. The first kappa shape index (κ1) is 18.0. The maximum absolute atomic E-state index is 12.0. The van der Waals surface area contributed by atoms with Crippen LogP contribution in [-0.2, 0) is 0 Å². The van der Waals surface area contributed by atoms with Crippen molar-refractivity contribution in [1.29, 1.82) is 0 Å². The van der Waals surface area contributed by atoms with Gasteiger partial charge >= 0.3 is 11.8 Å². The largest absolute Gasteiger partial charge is 0.465 e. The molecule has 0 fully saturated rings. The van der Waals surface area contributed by atoms with Crippen molar-refractivity contribution in [3.05, 3.63) is 51.5 Å². The van der Waals surface area contributed by atoms with Crippen molar-refractivity contribution in [1.82, 2.24) is 19.5 Å². The summed E-state index contributed by atoms with van der Waals surface area (Å²) in [6.45, 7) is 5.74. The zero-order chi connectivity index (χ0) is 19.1. The monoisotopic (exact) mass is 374 g/mol. The zero-order valence-corrected chi connectivity index (χ0v) is 15.4. The molecule has 0 aliphatic carbocycles. The van der Waals surface area contributed by atoms with Gasteiger partial charge in [-0.15, -0.1) is 0 Å². The number of halogens is 1. The normalized spacial score (nSPS) is 12.3. The average molecular weight is 375 g/mol. The molecule has 0 saturated carbocycles. The van der Waals surface area contributed by atoms with Gasteiger partial charge in [0.15, 0.2) is 5.65 Å². The van der Waals surface area contributed by atoms with E-state index in [-0.39, 0.29) is 12.2 Å². The fraction of sp³-hybridized carbons (Fsp3) is 0.278. The summed E-state index contributed by atoms with van der Waals surface area (Å²) in [5, 5.41) is 18.0. The van der Waals surface area contributed by atoms with Gasteiger partial charge in [-0.05, 0) is 43.9 Å². The number of pyridine rings is 1. The van der Waals surface area contributed by atoms with Crippen LogP contribution in [0, 0.1) is 0 Å². The summed E-state index contributed by atoms with van der Waals surface area (Å²) < 4.78 is 1.41. The lowest BCUT2D eigenvalue weighted by molar-refractivity contribution is 0.108. The van der Waals surface area contributed by atoms with Gasteiger partial charge in [0.05, 0.1) is 0 Å². The second-order valence-electron chi connectivity index (χ2n) is 6.96. The Morgan fingerprint density at radius 2 is 2.12 bits per heavy atom. The Bertz CT molecular complexity index is 1080. The Hall–Kier alpha value is -2.80. The van der Waals surface area contributed by atoms with Crippen molar-refractivity contribution in [3.63, 3.8) is 0 Å². The highest BCUT2D eigenvalue weighted by atomic mass is 35.5. The molecular formula is C18H19ClN4O3. The van der Waals surface area contributed by atoms with E-state index in [1.54, 1.807) is 30.5 Å². The molecular weight excluding hydrogens is 356 g/mol. The van der Waals surface area contributed by atoms with Crippen LogP contribution in [0.15, 0.2) is 35.3 Å². The number of rotatable bonds is 3. The van der Waals surface area contributed by atoms with E-state index in [1.807, 2.05) is 26.8 Å². The fourth-order valence-corrected chi connectivity index (χ4v) is 3.01. The van der Waals surface area contributed by atoms with Gasteiger partial charge in [-0.2, -0.15) is 5.10 Å². The van der Waals surface area contributed by atoms with Gasteiger partial charge in [0, 0.05) is 28.7 Å². The summed E-state index contributed by atoms with van der Waals surface area (Å²) in [6.07, 6.45) is 4.26. The van der Waals surface area contributed by atoms with Gasteiger partial charge in [0.1, 0.15) is 0 Å². The molecule has 0 radical (unpaired) electrons. The lowest BCUT2D eigenvalue weighted by atomic mass is 10.1. The second kappa shape index (κ2) is 6.49. The van der Waals surface area contributed by atoms with E-state index >= 15 is 0 Å². The van der Waals surface area contributed by atoms with Crippen LogP contribution >= 0.6 is 11.6 Å². The number of nitrogens with zero attached hydrogens (tertiary/aromatic N) is 3. The van der Waals surface area contributed by atoms with Crippen molar-refractivity contribution >= 4 is 40.2 Å².